The van der Waals surface area contributed by atoms with Crippen molar-refractivity contribution in [2.75, 3.05) is 17.4 Å². The van der Waals surface area contributed by atoms with Crippen LogP contribution in [-0.2, 0) is 4.79 Å². The molecule has 168 valence electrons. The molecule has 2 aliphatic heterocycles. The Kier molecular flexibility index (Phi) is 4.72. The van der Waals surface area contributed by atoms with Crippen LogP contribution in [0.15, 0.2) is 84.2 Å². The molecule has 1 unspecified atom stereocenters. The topological polar surface area (TPSA) is 103 Å². The largest absolute Gasteiger partial charge is 0.454 e. The van der Waals surface area contributed by atoms with E-state index >= 15 is 0 Å². The summed E-state index contributed by atoms with van der Waals surface area (Å²) in [6, 6.07) is 20.2. The van der Waals surface area contributed by atoms with Gasteiger partial charge >= 0.3 is 0 Å². The minimum atomic E-state index is -0.542. The van der Waals surface area contributed by atoms with Gasteiger partial charge in [-0.15, -0.1) is 5.10 Å². The number of fused-ring (bicyclic) bond motifs is 2. The number of benzene rings is 2. The normalized spacial score (nSPS) is 16.1. The zero-order valence-electron chi connectivity index (χ0n) is 18.2. The molecule has 2 aromatic carbocycles. The first-order valence-electron chi connectivity index (χ1n) is 10.8. The molecule has 1 atom stereocenters. The summed E-state index contributed by atoms with van der Waals surface area (Å²) in [5, 5.41) is 10.9. The van der Waals surface area contributed by atoms with Gasteiger partial charge in [-0.3, -0.25) is 4.79 Å². The fraction of sp³-hybridized carbons (Fsp3) is 0.120. The monoisotopic (exact) mass is 452 g/mol. The maximum Gasteiger partial charge on any atom is 0.257 e. The summed E-state index contributed by atoms with van der Waals surface area (Å²) in [7, 11) is 0. The highest BCUT2D eigenvalue weighted by molar-refractivity contribution is 6.05. The molecule has 0 fully saturated rings. The molecular formula is C25H20N6O3. The summed E-state index contributed by atoms with van der Waals surface area (Å²) >= 11 is 0. The molecule has 0 spiro atoms. The van der Waals surface area contributed by atoms with Crippen LogP contribution in [0.1, 0.15) is 18.5 Å². The SMILES string of the molecule is CC1=C(C(=O)Nc2ccccn2)C(c2ccc3c(c2)OCO3)n2nc(-c3ccccc3)nc2N1. The maximum atomic E-state index is 13.5. The van der Waals surface area contributed by atoms with E-state index in [1.807, 2.05) is 61.5 Å². The average molecular weight is 452 g/mol. The summed E-state index contributed by atoms with van der Waals surface area (Å²) in [5.74, 6) is 2.59. The number of carbonyl (C=O) groups is 1. The highest BCUT2D eigenvalue weighted by Crippen LogP contribution is 2.41. The third-order valence-corrected chi connectivity index (χ3v) is 5.75. The summed E-state index contributed by atoms with van der Waals surface area (Å²) in [4.78, 5) is 22.4. The van der Waals surface area contributed by atoms with Crippen molar-refractivity contribution in [2.45, 2.75) is 13.0 Å². The predicted octanol–water partition coefficient (Wildman–Crippen LogP) is 4.00. The van der Waals surface area contributed by atoms with E-state index in [1.54, 1.807) is 23.0 Å². The van der Waals surface area contributed by atoms with E-state index < -0.39 is 6.04 Å². The molecule has 0 radical (unpaired) electrons. The van der Waals surface area contributed by atoms with Crippen LogP contribution in [0.2, 0.25) is 0 Å². The first-order chi connectivity index (χ1) is 16.7. The number of nitrogens with zero attached hydrogens (tertiary/aromatic N) is 4. The molecule has 0 aliphatic carbocycles. The molecule has 34 heavy (non-hydrogen) atoms. The van der Waals surface area contributed by atoms with Crippen LogP contribution in [0.3, 0.4) is 0 Å². The van der Waals surface area contributed by atoms with Crippen LogP contribution in [0.5, 0.6) is 11.5 Å². The van der Waals surface area contributed by atoms with E-state index in [-0.39, 0.29) is 12.7 Å². The van der Waals surface area contributed by atoms with Crippen LogP contribution in [-0.4, -0.2) is 32.4 Å². The molecule has 0 bridgehead atoms. The number of allylic oxidation sites excluding steroid dienone is 1. The number of hydrogen-bond donors (Lipinski definition) is 2. The lowest BCUT2D eigenvalue weighted by atomic mass is 9.94. The molecule has 4 aromatic rings. The predicted molar refractivity (Wildman–Crippen MR) is 125 cm³/mol. The van der Waals surface area contributed by atoms with E-state index in [2.05, 4.69) is 15.6 Å². The van der Waals surface area contributed by atoms with Crippen LogP contribution in [0.4, 0.5) is 11.8 Å². The zero-order chi connectivity index (χ0) is 23.1. The van der Waals surface area contributed by atoms with Gasteiger partial charge in [-0.05, 0) is 36.8 Å². The Morgan fingerprint density at radius 3 is 2.71 bits per heavy atom. The second-order valence-corrected chi connectivity index (χ2v) is 7.92. The van der Waals surface area contributed by atoms with Gasteiger partial charge in [-0.2, -0.15) is 4.98 Å². The molecule has 0 saturated carbocycles. The number of carbonyl (C=O) groups excluding carboxylic acids is 1. The van der Waals surface area contributed by atoms with Crippen molar-refractivity contribution in [2.24, 2.45) is 0 Å². The van der Waals surface area contributed by atoms with E-state index in [0.29, 0.717) is 40.4 Å². The first kappa shape index (κ1) is 20.0. The standard InChI is InChI=1S/C25H20N6O3/c1-15-21(24(32)28-20-9-5-6-12-26-20)22(17-10-11-18-19(13-17)34-14-33-18)31-25(27-15)29-23(30-31)16-7-3-2-4-8-16/h2-13,22H,14H2,1H3,(H,26,28,32)(H,27,29,30). The molecule has 2 aromatic heterocycles. The van der Waals surface area contributed by atoms with Crippen molar-refractivity contribution in [3.05, 3.63) is 89.8 Å². The second-order valence-electron chi connectivity index (χ2n) is 7.92. The number of rotatable bonds is 4. The lowest BCUT2D eigenvalue weighted by molar-refractivity contribution is -0.113. The van der Waals surface area contributed by atoms with E-state index in [1.165, 1.54) is 0 Å². The van der Waals surface area contributed by atoms with Gasteiger partial charge in [0, 0.05) is 17.5 Å². The Morgan fingerprint density at radius 1 is 1.06 bits per heavy atom. The molecule has 9 nitrogen and oxygen atoms in total. The third kappa shape index (κ3) is 3.43. The molecule has 4 heterocycles. The molecule has 0 saturated heterocycles. The number of aromatic nitrogens is 4. The molecule has 6 rings (SSSR count). The van der Waals surface area contributed by atoms with Crippen molar-refractivity contribution < 1.29 is 14.3 Å². The van der Waals surface area contributed by atoms with Crippen molar-refractivity contribution in [3.8, 4) is 22.9 Å². The molecule has 9 heteroatoms. The Balaban J connectivity index is 1.47. The Labute approximate surface area is 195 Å². The van der Waals surface area contributed by atoms with Crippen molar-refractivity contribution >= 4 is 17.7 Å². The highest BCUT2D eigenvalue weighted by Gasteiger charge is 2.35. The lowest BCUT2D eigenvalue weighted by Gasteiger charge is -2.28. The van der Waals surface area contributed by atoms with Gasteiger partial charge in [0.25, 0.3) is 5.91 Å². The highest BCUT2D eigenvalue weighted by atomic mass is 16.7. The summed E-state index contributed by atoms with van der Waals surface area (Å²) in [6.07, 6.45) is 1.63. The molecule has 1 amide bonds. The number of pyridine rings is 1. The Morgan fingerprint density at radius 2 is 1.88 bits per heavy atom. The molecule has 2 aliphatic rings. The minimum absolute atomic E-state index is 0.166. The van der Waals surface area contributed by atoms with Crippen LogP contribution in [0.25, 0.3) is 11.4 Å². The van der Waals surface area contributed by atoms with Gasteiger partial charge < -0.3 is 20.1 Å². The number of amides is 1. The Hall–Kier alpha value is -4.66. The van der Waals surface area contributed by atoms with Gasteiger partial charge in [0.1, 0.15) is 11.9 Å². The fourth-order valence-corrected chi connectivity index (χ4v) is 4.17. The van der Waals surface area contributed by atoms with E-state index in [0.717, 1.165) is 11.1 Å². The maximum absolute atomic E-state index is 13.5. The lowest BCUT2D eigenvalue weighted by Crippen LogP contribution is -2.31. The van der Waals surface area contributed by atoms with Gasteiger partial charge in [0.2, 0.25) is 12.7 Å². The van der Waals surface area contributed by atoms with Gasteiger partial charge in [0.05, 0.1) is 5.57 Å². The summed E-state index contributed by atoms with van der Waals surface area (Å²) < 4.78 is 12.8. The molecular weight excluding hydrogens is 432 g/mol. The zero-order valence-corrected chi connectivity index (χ0v) is 18.2. The van der Waals surface area contributed by atoms with E-state index in [4.69, 9.17) is 19.6 Å². The minimum Gasteiger partial charge on any atom is -0.454 e. The quantitative estimate of drug-likeness (QED) is 0.482. The van der Waals surface area contributed by atoms with Gasteiger partial charge in [-0.1, -0.05) is 42.5 Å². The molecule has 2 N–H and O–H groups in total. The fourth-order valence-electron chi connectivity index (χ4n) is 4.17. The number of ether oxygens (including phenoxy) is 2. The van der Waals surface area contributed by atoms with Gasteiger partial charge in [0.15, 0.2) is 17.3 Å². The van der Waals surface area contributed by atoms with Crippen molar-refractivity contribution in [1.82, 2.24) is 19.7 Å². The van der Waals surface area contributed by atoms with Crippen molar-refractivity contribution in [1.29, 1.82) is 0 Å². The second kappa shape index (κ2) is 8.04. The number of hydrogen-bond acceptors (Lipinski definition) is 7. The van der Waals surface area contributed by atoms with Crippen molar-refractivity contribution in [3.63, 3.8) is 0 Å². The summed E-state index contributed by atoms with van der Waals surface area (Å²) in [6.45, 7) is 2.02. The smallest absolute Gasteiger partial charge is 0.257 e. The van der Waals surface area contributed by atoms with Crippen LogP contribution < -0.4 is 20.1 Å². The van der Waals surface area contributed by atoms with Crippen LogP contribution in [0, 0.1) is 0 Å². The average Bonchev–Trinajstić information content (AvgIpc) is 3.50. The Bertz CT molecular complexity index is 1420. The third-order valence-electron chi connectivity index (χ3n) is 5.75. The number of nitrogens with one attached hydrogen (secondary N) is 2. The van der Waals surface area contributed by atoms with Gasteiger partial charge in [-0.25, -0.2) is 9.67 Å². The van der Waals surface area contributed by atoms with E-state index in [9.17, 15) is 4.79 Å². The number of anilines is 2. The van der Waals surface area contributed by atoms with Crippen LogP contribution >= 0.6 is 0 Å². The first-order valence-corrected chi connectivity index (χ1v) is 10.8. The summed E-state index contributed by atoms with van der Waals surface area (Å²) in [5.41, 5.74) is 2.88.